The Balaban J connectivity index is 0.000000108. The second-order valence-electron chi connectivity index (χ2n) is 33.0. The highest BCUT2D eigenvalue weighted by Crippen LogP contribution is 2.57. The van der Waals surface area contributed by atoms with Crippen molar-refractivity contribution in [3.05, 3.63) is 153 Å². The van der Waals surface area contributed by atoms with Gasteiger partial charge in [0, 0.05) is 174 Å². The highest BCUT2D eigenvalue weighted by Gasteiger charge is 2.63. The van der Waals surface area contributed by atoms with Crippen molar-refractivity contribution in [1.82, 2.24) is 78.6 Å². The van der Waals surface area contributed by atoms with Crippen molar-refractivity contribution in [2.45, 2.75) is 166 Å². The fourth-order valence-electron chi connectivity index (χ4n) is 19.6. The maximum atomic E-state index is 13.8. The molecule has 12 aliphatic rings. The van der Waals surface area contributed by atoms with Crippen LogP contribution in [0.2, 0.25) is 0 Å². The number of anilines is 4. The predicted octanol–water partition coefficient (Wildman–Crippen LogP) is 12.2. The van der Waals surface area contributed by atoms with Gasteiger partial charge >= 0.3 is 0 Å². The number of likely N-dealkylation sites (tertiary alicyclic amines) is 4. The minimum atomic E-state index is -0.945. The highest BCUT2D eigenvalue weighted by molar-refractivity contribution is 9.10. The number of likely N-dealkylation sites (N-methyl/N-ethyl adjacent to an activating group) is 3. The summed E-state index contributed by atoms with van der Waals surface area (Å²) >= 11 is 6.97. The van der Waals surface area contributed by atoms with Gasteiger partial charge in [0.05, 0.1) is 11.1 Å². The number of imidazole rings is 2. The molecule has 28 nitrogen and oxygen atoms in total. The lowest BCUT2D eigenvalue weighted by atomic mass is 9.86. The molecule has 0 radical (unpaired) electrons. The van der Waals surface area contributed by atoms with Crippen molar-refractivity contribution >= 4 is 124 Å². The van der Waals surface area contributed by atoms with Crippen molar-refractivity contribution in [1.29, 1.82) is 0 Å². The van der Waals surface area contributed by atoms with Crippen molar-refractivity contribution in [2.75, 3.05) is 67.3 Å². The Bertz CT molecular complexity index is 5640. The normalized spacial score (nSPS) is 23.1. The van der Waals surface area contributed by atoms with Gasteiger partial charge in [-0.25, -0.2) is 49.8 Å². The standard InChI is InChI=1S/2C28H28N8O2.C16H17BrN2O2.C15H15BrN2O2/c2*1-4-35-24(19-13-29-16(2)30-14-19)33-23-22(31-15-32-25(23)35)18-8-9-21-20(12-18)28(27(38)34(21)3)10-5-11-36(28)26(37)17-6-7-17;1-18-13-6-5-11(17)9-12(13)16(15(18)21)7-2-8-19(16)14(20)10-3-4-10;16-10-4-5-12-11(8-10)15(14(20)17-12)6-1-7-18(15)13(19)9-2-3-9/h2*8-9,12-15,17H,4-7,10-11H2,1-3H3;5-6,9-10H,2-4,7-8H2,1H3;4-5,8-9H,1-3,6-7H2,(H,17,20). The quantitative estimate of drug-likeness (QED) is 0.133. The van der Waals surface area contributed by atoms with Crippen LogP contribution in [-0.4, -0.2) is 173 Å². The van der Waals surface area contributed by atoms with Gasteiger partial charge in [0.2, 0.25) is 23.6 Å². The first-order valence-electron chi connectivity index (χ1n) is 40.9. The molecule has 10 aromatic rings. The summed E-state index contributed by atoms with van der Waals surface area (Å²) in [6, 6.07) is 23.7. The predicted molar refractivity (Wildman–Crippen MR) is 443 cm³/mol. The molecule has 4 unspecified atom stereocenters. The Morgan fingerprint density at radius 3 is 1.12 bits per heavy atom. The average molecular weight is 1700 g/mol. The van der Waals surface area contributed by atoms with E-state index in [0.29, 0.717) is 86.2 Å². The van der Waals surface area contributed by atoms with Gasteiger partial charge in [0.1, 0.15) is 80.5 Å². The van der Waals surface area contributed by atoms with E-state index >= 15 is 0 Å². The van der Waals surface area contributed by atoms with Crippen LogP contribution in [-0.2, 0) is 73.6 Å². The number of hydrogen-bond donors (Lipinski definition) is 1. The Morgan fingerprint density at radius 1 is 0.419 bits per heavy atom. The van der Waals surface area contributed by atoms with Crippen LogP contribution in [0.15, 0.2) is 119 Å². The van der Waals surface area contributed by atoms with E-state index in [0.717, 1.165) is 189 Å². The summed E-state index contributed by atoms with van der Waals surface area (Å²) in [5.41, 5.74) is 11.2. The van der Waals surface area contributed by atoms with Crippen LogP contribution in [0, 0.1) is 37.5 Å². The number of hydrogen-bond acceptors (Lipinski definition) is 18. The van der Waals surface area contributed by atoms with Gasteiger partial charge in [-0.05, 0) is 191 Å². The third-order valence-electron chi connectivity index (χ3n) is 26.0. The summed E-state index contributed by atoms with van der Waals surface area (Å²) in [6.07, 6.45) is 23.9. The van der Waals surface area contributed by atoms with Crippen LogP contribution in [0.1, 0.15) is 150 Å². The maximum absolute atomic E-state index is 13.8. The van der Waals surface area contributed by atoms with E-state index in [1.165, 1.54) is 0 Å². The average Bonchev–Trinajstić information content (AvgIpc) is 1.55. The zero-order valence-electron chi connectivity index (χ0n) is 66.3. The first-order valence-corrected chi connectivity index (χ1v) is 42.5. The van der Waals surface area contributed by atoms with Crippen LogP contribution < -0.4 is 20.0 Å². The summed E-state index contributed by atoms with van der Waals surface area (Å²) in [7, 11) is 5.41. The molecule has 8 amide bonds. The SMILES string of the molecule is CCn1c(-c2cnc(C)nc2)nc2c(-c3ccc4c(c3)C3(CCCN3C(=O)C3CC3)C(=O)N4C)ncnc21.CCn1c(-c2cnc(C)nc2)nc2c(-c3ccc4c(c3)C3(CCCN3C(=O)C3CC3)C(=O)N4C)ncnc21.CN1C(=O)C2(CCCN2C(=O)C2CC2)c2cc(Br)ccc21.O=C(C1CC1)N1CCCC12C(=O)Nc1ccc(Br)cc12. The van der Waals surface area contributed by atoms with Gasteiger partial charge in [-0.3, -0.25) is 38.4 Å². The molecule has 30 heteroatoms. The number of amides is 8. The zero-order valence-corrected chi connectivity index (χ0v) is 69.4. The first kappa shape index (κ1) is 75.9. The molecule has 4 saturated carbocycles. The molecule has 598 valence electrons. The van der Waals surface area contributed by atoms with E-state index in [1.807, 2.05) is 136 Å². The molecule has 8 aliphatic heterocycles. The molecule has 0 bridgehead atoms. The summed E-state index contributed by atoms with van der Waals surface area (Å²) in [5, 5.41) is 2.95. The summed E-state index contributed by atoms with van der Waals surface area (Å²) in [5.74, 6) is 3.75. The highest BCUT2D eigenvalue weighted by atomic mass is 79.9. The Hall–Kier alpha value is -11.1. The number of rotatable bonds is 10. The molecule has 4 aromatic carbocycles. The largest absolute Gasteiger partial charge is 0.324 e. The van der Waals surface area contributed by atoms with Crippen LogP contribution in [0.3, 0.4) is 0 Å². The summed E-state index contributed by atoms with van der Waals surface area (Å²) in [6.45, 7) is 11.7. The lowest BCUT2D eigenvalue weighted by molar-refractivity contribution is -0.144. The number of carbonyl (C=O) groups is 8. The van der Waals surface area contributed by atoms with Crippen molar-refractivity contribution in [3.63, 3.8) is 0 Å². The molecule has 117 heavy (non-hydrogen) atoms. The number of carbonyl (C=O) groups excluding carboxylic acids is 8. The molecule has 4 spiro atoms. The minimum absolute atomic E-state index is 0.0269. The molecular formula is C87H88Br2N20O8. The van der Waals surface area contributed by atoms with Crippen LogP contribution in [0.4, 0.5) is 22.7 Å². The smallest absolute Gasteiger partial charge is 0.257 e. The fraction of sp³-hybridized carbons (Fsp3) is 0.425. The molecule has 4 atom stereocenters. The molecule has 1 N–H and O–H groups in total. The third kappa shape index (κ3) is 11.9. The van der Waals surface area contributed by atoms with Gasteiger partial charge in [-0.15, -0.1) is 0 Å². The van der Waals surface area contributed by atoms with Crippen molar-refractivity contribution in [2.24, 2.45) is 23.7 Å². The Kier molecular flexibility index (Phi) is 18.5. The number of nitrogens with zero attached hydrogens (tertiary/aromatic N) is 19. The van der Waals surface area contributed by atoms with Gasteiger partial charge in [0.25, 0.3) is 23.6 Å². The Labute approximate surface area is 691 Å². The van der Waals surface area contributed by atoms with E-state index in [1.54, 1.807) is 66.2 Å². The molecule has 4 saturated heterocycles. The first-order chi connectivity index (χ1) is 56.5. The number of benzene rings is 4. The lowest BCUT2D eigenvalue weighted by Crippen LogP contribution is -2.51. The lowest BCUT2D eigenvalue weighted by Gasteiger charge is -2.34. The Morgan fingerprint density at radius 2 is 0.752 bits per heavy atom. The molecule has 4 aliphatic carbocycles. The molecular weight excluding hydrogens is 1610 g/mol. The van der Waals surface area contributed by atoms with Crippen LogP contribution in [0.5, 0.6) is 0 Å². The number of aryl methyl sites for hydroxylation is 4. The summed E-state index contributed by atoms with van der Waals surface area (Å²) < 4.78 is 5.97. The van der Waals surface area contributed by atoms with Crippen molar-refractivity contribution < 1.29 is 38.4 Å². The van der Waals surface area contributed by atoms with Gasteiger partial charge in [0.15, 0.2) is 11.3 Å². The molecule has 6 aromatic heterocycles. The second-order valence-corrected chi connectivity index (χ2v) is 34.8. The van der Waals surface area contributed by atoms with E-state index < -0.39 is 22.2 Å². The van der Waals surface area contributed by atoms with E-state index in [9.17, 15) is 38.4 Å². The van der Waals surface area contributed by atoms with Gasteiger partial charge in [-0.1, -0.05) is 44.0 Å². The second kappa shape index (κ2) is 28.6. The summed E-state index contributed by atoms with van der Waals surface area (Å²) in [4.78, 5) is 163. The molecule has 14 heterocycles. The monoisotopic (exact) mass is 1700 g/mol. The van der Waals surface area contributed by atoms with E-state index in [2.05, 4.69) is 77.0 Å². The number of nitrogens with one attached hydrogen (secondary N) is 1. The maximum Gasteiger partial charge on any atom is 0.257 e. The number of halogens is 2. The fourth-order valence-corrected chi connectivity index (χ4v) is 20.3. The van der Waals surface area contributed by atoms with Crippen LogP contribution in [0.25, 0.3) is 67.6 Å². The zero-order chi connectivity index (χ0) is 81.0. The van der Waals surface area contributed by atoms with E-state index in [4.69, 9.17) is 9.97 Å². The molecule has 8 fully saturated rings. The third-order valence-corrected chi connectivity index (χ3v) is 27.0. The van der Waals surface area contributed by atoms with Gasteiger partial charge < -0.3 is 48.8 Å². The van der Waals surface area contributed by atoms with E-state index in [-0.39, 0.29) is 70.9 Å². The van der Waals surface area contributed by atoms with Gasteiger partial charge in [-0.2, -0.15) is 0 Å². The number of fused-ring (bicyclic) bond motifs is 10. The molecule has 22 rings (SSSR count). The van der Waals surface area contributed by atoms with Crippen molar-refractivity contribution in [3.8, 4) is 45.3 Å². The topological polar surface area (TPSA) is 310 Å². The number of aromatic nitrogens is 12. The van der Waals surface area contributed by atoms with Crippen LogP contribution >= 0.6 is 31.9 Å². The minimum Gasteiger partial charge on any atom is -0.324 e.